The lowest BCUT2D eigenvalue weighted by atomic mass is 10.1. The van der Waals surface area contributed by atoms with E-state index in [0.29, 0.717) is 16.6 Å². The van der Waals surface area contributed by atoms with Crippen molar-refractivity contribution in [3.63, 3.8) is 0 Å². The lowest BCUT2D eigenvalue weighted by Gasteiger charge is -2.07. The number of nitrogens with one attached hydrogen (secondary N) is 2. The topological polar surface area (TPSA) is 41.1 Å². The Balaban J connectivity index is 0.00000220. The van der Waals surface area contributed by atoms with Crippen LogP contribution in [0.4, 0.5) is 0 Å². The van der Waals surface area contributed by atoms with Gasteiger partial charge in [-0.05, 0) is 36.9 Å². The first-order valence-corrected chi connectivity index (χ1v) is 7.83. The molecule has 2 unspecified atom stereocenters. The monoisotopic (exact) mass is 350 g/mol. The van der Waals surface area contributed by atoms with Crippen LogP contribution in [0.1, 0.15) is 31.2 Å². The van der Waals surface area contributed by atoms with Crippen LogP contribution in [-0.4, -0.2) is 25.5 Å². The van der Waals surface area contributed by atoms with Gasteiger partial charge in [0.25, 0.3) is 0 Å². The van der Waals surface area contributed by atoms with Gasteiger partial charge in [0.2, 0.25) is 5.91 Å². The van der Waals surface area contributed by atoms with Gasteiger partial charge in [-0.3, -0.25) is 4.79 Å². The van der Waals surface area contributed by atoms with Gasteiger partial charge in [0.05, 0.1) is 10.0 Å². The third-order valence-electron chi connectivity index (χ3n) is 3.54. The van der Waals surface area contributed by atoms with E-state index >= 15 is 0 Å². The number of hydrogen-bond donors (Lipinski definition) is 2. The molecule has 1 aliphatic carbocycles. The number of halogens is 3. The number of carbonyl (C=O) groups is 1. The molecule has 0 radical (unpaired) electrons. The fraction of sp³-hybridized carbons (Fsp3) is 0.533. The van der Waals surface area contributed by atoms with Crippen molar-refractivity contribution in [2.24, 2.45) is 5.92 Å². The Hall–Kier alpha value is -0.480. The maximum absolute atomic E-state index is 12.0. The van der Waals surface area contributed by atoms with Gasteiger partial charge < -0.3 is 10.6 Å². The summed E-state index contributed by atoms with van der Waals surface area (Å²) in [5, 5.41) is 7.35. The molecular weight excluding hydrogens is 331 g/mol. The molecule has 1 aromatic carbocycles. The summed E-state index contributed by atoms with van der Waals surface area (Å²) in [5.74, 6) is 0.367. The number of carbonyl (C=O) groups excluding carboxylic acids is 1. The second-order valence-corrected chi connectivity index (χ2v) is 5.92. The van der Waals surface area contributed by atoms with Gasteiger partial charge in [-0.15, -0.1) is 12.4 Å². The van der Waals surface area contributed by atoms with Crippen molar-refractivity contribution in [1.29, 1.82) is 0 Å². The Morgan fingerprint density at radius 3 is 2.76 bits per heavy atom. The molecule has 1 amide bonds. The fourth-order valence-corrected chi connectivity index (χ4v) is 2.79. The molecule has 2 rings (SSSR count). The van der Waals surface area contributed by atoms with Gasteiger partial charge in [-0.2, -0.15) is 0 Å². The smallest absolute Gasteiger partial charge is 0.223 e. The minimum Gasteiger partial charge on any atom is -0.355 e. The second-order valence-electron chi connectivity index (χ2n) is 5.13. The largest absolute Gasteiger partial charge is 0.355 e. The standard InChI is InChI=1S/C15H20Cl2N2O.ClH/c1-2-6-18-7-8-19-15(20)12-9-11(12)10-4-3-5-13(16)14(10)17;/h3-5,11-12,18H,2,6-9H2,1H3,(H,19,20);1H. The van der Waals surface area contributed by atoms with Crippen molar-refractivity contribution < 1.29 is 4.79 Å². The zero-order valence-electron chi connectivity index (χ0n) is 12.0. The molecule has 0 aliphatic heterocycles. The van der Waals surface area contributed by atoms with Gasteiger partial charge in [-0.1, -0.05) is 42.3 Å². The number of benzene rings is 1. The zero-order valence-corrected chi connectivity index (χ0v) is 14.3. The summed E-state index contributed by atoms with van der Waals surface area (Å²) >= 11 is 12.2. The summed E-state index contributed by atoms with van der Waals surface area (Å²) in [7, 11) is 0. The van der Waals surface area contributed by atoms with Crippen LogP contribution in [0.15, 0.2) is 18.2 Å². The SMILES string of the molecule is CCCNCCNC(=O)C1CC1c1cccc(Cl)c1Cl.Cl. The zero-order chi connectivity index (χ0) is 14.5. The molecular formula is C15H21Cl3N2O. The Morgan fingerprint density at radius 2 is 2.05 bits per heavy atom. The minimum atomic E-state index is 0. The van der Waals surface area contributed by atoms with Crippen molar-refractivity contribution >= 4 is 41.5 Å². The van der Waals surface area contributed by atoms with Crippen LogP contribution in [0.25, 0.3) is 0 Å². The molecule has 0 saturated heterocycles. The Kier molecular flexibility index (Phi) is 7.82. The van der Waals surface area contributed by atoms with E-state index in [2.05, 4.69) is 17.6 Å². The summed E-state index contributed by atoms with van der Waals surface area (Å²) in [5.41, 5.74) is 0.989. The summed E-state index contributed by atoms with van der Waals surface area (Å²) in [6.45, 7) is 4.59. The van der Waals surface area contributed by atoms with Crippen LogP contribution in [0.3, 0.4) is 0 Å². The molecule has 2 N–H and O–H groups in total. The van der Waals surface area contributed by atoms with Crippen LogP contribution in [0, 0.1) is 5.92 Å². The van der Waals surface area contributed by atoms with Crippen LogP contribution in [0.5, 0.6) is 0 Å². The maximum atomic E-state index is 12.0. The summed E-state index contributed by atoms with van der Waals surface area (Å²) in [4.78, 5) is 12.0. The highest BCUT2D eigenvalue weighted by Gasteiger charge is 2.44. The van der Waals surface area contributed by atoms with E-state index in [4.69, 9.17) is 23.2 Å². The van der Waals surface area contributed by atoms with Gasteiger partial charge >= 0.3 is 0 Å². The molecule has 0 heterocycles. The van der Waals surface area contributed by atoms with Crippen molar-refractivity contribution in [2.45, 2.75) is 25.7 Å². The summed E-state index contributed by atoms with van der Waals surface area (Å²) in [6, 6.07) is 5.60. The Labute approximate surface area is 142 Å². The van der Waals surface area contributed by atoms with Gasteiger partial charge in [0.15, 0.2) is 0 Å². The maximum Gasteiger partial charge on any atom is 0.223 e. The minimum absolute atomic E-state index is 0. The van der Waals surface area contributed by atoms with E-state index < -0.39 is 0 Å². The lowest BCUT2D eigenvalue weighted by molar-refractivity contribution is -0.122. The molecule has 3 nitrogen and oxygen atoms in total. The average molecular weight is 352 g/mol. The van der Waals surface area contributed by atoms with Crippen LogP contribution >= 0.6 is 35.6 Å². The van der Waals surface area contributed by atoms with Gasteiger partial charge in [0.1, 0.15) is 0 Å². The molecule has 2 atom stereocenters. The molecule has 1 aliphatic rings. The Morgan fingerprint density at radius 1 is 1.29 bits per heavy atom. The van der Waals surface area contributed by atoms with Gasteiger partial charge in [-0.25, -0.2) is 0 Å². The van der Waals surface area contributed by atoms with Crippen LogP contribution in [-0.2, 0) is 4.79 Å². The lowest BCUT2D eigenvalue weighted by Crippen LogP contribution is -2.33. The predicted molar refractivity (Wildman–Crippen MR) is 90.7 cm³/mol. The van der Waals surface area contributed by atoms with E-state index in [-0.39, 0.29) is 30.2 Å². The van der Waals surface area contributed by atoms with Gasteiger partial charge in [0, 0.05) is 19.0 Å². The van der Waals surface area contributed by atoms with Crippen molar-refractivity contribution in [3.8, 4) is 0 Å². The second kappa shape index (κ2) is 8.84. The number of rotatable bonds is 7. The molecule has 118 valence electrons. The normalized spacial score (nSPS) is 19.8. The third kappa shape index (κ3) is 5.03. The molecule has 0 spiro atoms. The highest BCUT2D eigenvalue weighted by molar-refractivity contribution is 6.42. The molecule has 21 heavy (non-hydrogen) atoms. The van der Waals surface area contributed by atoms with Crippen LogP contribution in [0.2, 0.25) is 10.0 Å². The summed E-state index contributed by atoms with van der Waals surface area (Å²) < 4.78 is 0. The molecule has 1 fully saturated rings. The van der Waals surface area contributed by atoms with E-state index in [1.807, 2.05) is 12.1 Å². The molecule has 0 aromatic heterocycles. The van der Waals surface area contributed by atoms with E-state index in [9.17, 15) is 4.79 Å². The van der Waals surface area contributed by atoms with Crippen molar-refractivity contribution in [1.82, 2.24) is 10.6 Å². The van der Waals surface area contributed by atoms with Crippen molar-refractivity contribution in [3.05, 3.63) is 33.8 Å². The first-order chi connectivity index (χ1) is 9.65. The van der Waals surface area contributed by atoms with E-state index in [1.165, 1.54) is 0 Å². The quantitative estimate of drug-likeness (QED) is 0.736. The molecule has 6 heteroatoms. The summed E-state index contributed by atoms with van der Waals surface area (Å²) in [6.07, 6.45) is 1.96. The van der Waals surface area contributed by atoms with E-state index in [1.54, 1.807) is 6.07 Å². The highest BCUT2D eigenvalue weighted by atomic mass is 35.5. The fourth-order valence-electron chi connectivity index (χ4n) is 2.34. The van der Waals surface area contributed by atoms with Crippen LogP contribution < -0.4 is 10.6 Å². The predicted octanol–water partition coefficient (Wildman–Crippen LogP) is 3.63. The third-order valence-corrected chi connectivity index (χ3v) is 4.37. The highest BCUT2D eigenvalue weighted by Crippen LogP contribution is 2.50. The average Bonchev–Trinajstić information content (AvgIpc) is 3.22. The first-order valence-electron chi connectivity index (χ1n) is 7.07. The number of hydrogen-bond acceptors (Lipinski definition) is 2. The molecule has 1 aromatic rings. The first kappa shape index (κ1) is 18.6. The van der Waals surface area contributed by atoms with Crippen molar-refractivity contribution in [2.75, 3.05) is 19.6 Å². The molecule has 0 bridgehead atoms. The Bertz CT molecular complexity index is 482. The number of amides is 1. The van der Waals surface area contributed by atoms with E-state index in [0.717, 1.165) is 31.5 Å². The molecule has 1 saturated carbocycles.